The van der Waals surface area contributed by atoms with E-state index in [0.717, 1.165) is 11.3 Å². The monoisotopic (exact) mass is 357 g/mol. The first kappa shape index (κ1) is 16.3. The molecular weight excluding hydrogens is 340 g/mol. The van der Waals surface area contributed by atoms with Crippen LogP contribution in [0.1, 0.15) is 6.42 Å². The van der Waals surface area contributed by atoms with E-state index < -0.39 is 12.2 Å². The Balaban J connectivity index is 1.73. The lowest BCUT2D eigenvalue weighted by molar-refractivity contribution is 0.0256. The molecule has 0 spiro atoms. The number of fused-ring (bicyclic) bond motifs is 1. The molecule has 1 unspecified atom stereocenters. The first-order chi connectivity index (χ1) is 12.0. The van der Waals surface area contributed by atoms with E-state index in [9.17, 15) is 10.2 Å². The van der Waals surface area contributed by atoms with Crippen molar-refractivity contribution in [3.8, 4) is 11.3 Å². The molecule has 1 fully saturated rings. The Morgan fingerprint density at radius 3 is 2.60 bits per heavy atom. The maximum absolute atomic E-state index is 10.2. The standard InChI is InChI=1S/C18H18ClN4O2/c1-10-7-13(18(25)17(10)24)20-16-9-14(19)21-15-8-12(22-23(15)16)11-5-3-2-4-6-11/h2-6,8-10,13,17-18,20,24-25H,1,7H2/t10?,13-,17-,18+/m1/s1. The summed E-state index contributed by atoms with van der Waals surface area (Å²) in [5.74, 6) is 0.389. The molecule has 2 heterocycles. The van der Waals surface area contributed by atoms with Gasteiger partial charge in [0.2, 0.25) is 0 Å². The van der Waals surface area contributed by atoms with Gasteiger partial charge in [-0.05, 0) is 19.3 Å². The molecule has 2 aromatic heterocycles. The van der Waals surface area contributed by atoms with E-state index in [4.69, 9.17) is 11.6 Å². The molecule has 1 aliphatic rings. The number of nitrogens with zero attached hydrogens (tertiary/aromatic N) is 3. The third-order valence-electron chi connectivity index (χ3n) is 4.60. The maximum Gasteiger partial charge on any atom is 0.159 e. The van der Waals surface area contributed by atoms with Gasteiger partial charge in [0.1, 0.15) is 17.1 Å². The zero-order valence-electron chi connectivity index (χ0n) is 13.4. The minimum atomic E-state index is -0.895. The smallest absolute Gasteiger partial charge is 0.159 e. The van der Waals surface area contributed by atoms with Crippen molar-refractivity contribution < 1.29 is 10.2 Å². The molecule has 6 nitrogen and oxygen atoms in total. The fraction of sp³-hybridized carbons (Fsp3) is 0.278. The number of aliphatic hydroxyl groups excluding tert-OH is 2. The molecule has 0 amide bonds. The first-order valence-electron chi connectivity index (χ1n) is 8.10. The molecule has 1 saturated carbocycles. The molecule has 1 aromatic carbocycles. The van der Waals surface area contributed by atoms with Crippen molar-refractivity contribution in [3.63, 3.8) is 0 Å². The Hall–Kier alpha value is -2.15. The highest BCUT2D eigenvalue weighted by Crippen LogP contribution is 2.30. The first-order valence-corrected chi connectivity index (χ1v) is 8.48. The predicted molar refractivity (Wildman–Crippen MR) is 96.3 cm³/mol. The third kappa shape index (κ3) is 2.97. The number of hydrogen-bond acceptors (Lipinski definition) is 5. The van der Waals surface area contributed by atoms with Gasteiger partial charge < -0.3 is 15.5 Å². The van der Waals surface area contributed by atoms with Crippen LogP contribution in [-0.4, -0.2) is 43.1 Å². The van der Waals surface area contributed by atoms with Crippen molar-refractivity contribution in [2.45, 2.75) is 24.7 Å². The summed E-state index contributed by atoms with van der Waals surface area (Å²) >= 11 is 6.14. The van der Waals surface area contributed by atoms with Crippen molar-refractivity contribution in [2.24, 2.45) is 5.92 Å². The van der Waals surface area contributed by atoms with Crippen molar-refractivity contribution in [2.75, 3.05) is 5.32 Å². The van der Waals surface area contributed by atoms with Gasteiger partial charge in [0.05, 0.1) is 17.8 Å². The van der Waals surface area contributed by atoms with Gasteiger partial charge in [-0.2, -0.15) is 9.61 Å². The normalized spacial score (nSPS) is 26.2. The molecule has 25 heavy (non-hydrogen) atoms. The van der Waals surface area contributed by atoms with E-state index in [1.54, 1.807) is 10.6 Å². The summed E-state index contributed by atoms with van der Waals surface area (Å²) in [4.78, 5) is 4.31. The van der Waals surface area contributed by atoms with Crippen LogP contribution in [0.15, 0.2) is 42.5 Å². The fourth-order valence-electron chi connectivity index (χ4n) is 3.25. The van der Waals surface area contributed by atoms with Crippen LogP contribution in [0.2, 0.25) is 5.15 Å². The highest BCUT2D eigenvalue weighted by atomic mass is 35.5. The quantitative estimate of drug-likeness (QED) is 0.627. The van der Waals surface area contributed by atoms with E-state index in [-0.39, 0.29) is 12.0 Å². The second-order valence-corrected chi connectivity index (χ2v) is 6.74. The Labute approximate surface area is 150 Å². The van der Waals surface area contributed by atoms with Crippen LogP contribution in [0.4, 0.5) is 5.82 Å². The summed E-state index contributed by atoms with van der Waals surface area (Å²) in [6, 6.07) is 13.0. The average molecular weight is 358 g/mol. The van der Waals surface area contributed by atoms with E-state index in [0.29, 0.717) is 23.0 Å². The molecule has 3 aromatic rings. The van der Waals surface area contributed by atoms with Crippen LogP contribution in [0.5, 0.6) is 0 Å². The number of benzene rings is 1. The van der Waals surface area contributed by atoms with Gasteiger partial charge in [-0.1, -0.05) is 41.9 Å². The number of nitrogens with one attached hydrogen (secondary N) is 1. The summed E-state index contributed by atoms with van der Waals surface area (Å²) in [5.41, 5.74) is 2.36. The van der Waals surface area contributed by atoms with E-state index in [2.05, 4.69) is 22.3 Å². The summed E-state index contributed by atoms with van der Waals surface area (Å²) in [6.45, 7) is 3.87. The van der Waals surface area contributed by atoms with Crippen LogP contribution in [0, 0.1) is 12.8 Å². The van der Waals surface area contributed by atoms with Gasteiger partial charge in [0.25, 0.3) is 0 Å². The van der Waals surface area contributed by atoms with Crippen molar-refractivity contribution in [3.05, 3.63) is 54.5 Å². The molecule has 0 saturated heterocycles. The molecule has 0 aliphatic heterocycles. The zero-order chi connectivity index (χ0) is 17.6. The Kier molecular flexibility index (Phi) is 4.11. The molecular formula is C18H18ClN4O2. The predicted octanol–water partition coefficient (Wildman–Crippen LogP) is 2.41. The number of halogens is 1. The lowest BCUT2D eigenvalue weighted by Crippen LogP contribution is -2.35. The van der Waals surface area contributed by atoms with Gasteiger partial charge in [-0.15, -0.1) is 0 Å². The number of hydrogen-bond donors (Lipinski definition) is 3. The average Bonchev–Trinajstić information content (AvgIpc) is 3.13. The van der Waals surface area contributed by atoms with Gasteiger partial charge >= 0.3 is 0 Å². The minimum Gasteiger partial charge on any atom is -0.390 e. The second kappa shape index (κ2) is 6.29. The number of aliphatic hydroxyl groups is 2. The lowest BCUT2D eigenvalue weighted by Gasteiger charge is -2.19. The minimum absolute atomic E-state index is 0.224. The summed E-state index contributed by atoms with van der Waals surface area (Å²) in [7, 11) is 0. The highest BCUT2D eigenvalue weighted by Gasteiger charge is 2.39. The maximum atomic E-state index is 10.2. The molecule has 129 valence electrons. The van der Waals surface area contributed by atoms with Crippen LogP contribution < -0.4 is 5.32 Å². The number of aromatic nitrogens is 3. The topological polar surface area (TPSA) is 82.7 Å². The van der Waals surface area contributed by atoms with Crippen LogP contribution in [-0.2, 0) is 0 Å². The van der Waals surface area contributed by atoms with Gasteiger partial charge in [0.15, 0.2) is 5.65 Å². The number of anilines is 1. The molecule has 7 heteroatoms. The lowest BCUT2D eigenvalue weighted by atomic mass is 10.1. The molecule has 3 N–H and O–H groups in total. The SMILES string of the molecule is [CH2]C1C[C@@H](Nc2cc(Cl)nc3cc(-c4ccccc4)nn23)[C@H](O)[C@@H]1O. The van der Waals surface area contributed by atoms with E-state index >= 15 is 0 Å². The van der Waals surface area contributed by atoms with Gasteiger partial charge in [0, 0.05) is 17.7 Å². The summed E-state index contributed by atoms with van der Waals surface area (Å²) < 4.78 is 1.66. The Morgan fingerprint density at radius 1 is 1.16 bits per heavy atom. The van der Waals surface area contributed by atoms with Crippen molar-refractivity contribution in [1.29, 1.82) is 0 Å². The third-order valence-corrected chi connectivity index (χ3v) is 4.79. The Bertz CT molecular complexity index is 899. The zero-order valence-corrected chi connectivity index (χ0v) is 14.1. The Morgan fingerprint density at radius 2 is 1.92 bits per heavy atom. The molecule has 1 aliphatic carbocycles. The van der Waals surface area contributed by atoms with E-state index in [1.807, 2.05) is 36.4 Å². The molecule has 4 atom stereocenters. The fourth-order valence-corrected chi connectivity index (χ4v) is 3.44. The van der Waals surface area contributed by atoms with Crippen LogP contribution in [0.25, 0.3) is 16.9 Å². The van der Waals surface area contributed by atoms with Gasteiger partial charge in [-0.3, -0.25) is 0 Å². The number of rotatable bonds is 3. The molecule has 0 bridgehead atoms. The summed E-state index contributed by atoms with van der Waals surface area (Å²) in [6.07, 6.45) is -1.19. The highest BCUT2D eigenvalue weighted by molar-refractivity contribution is 6.29. The molecule has 1 radical (unpaired) electrons. The van der Waals surface area contributed by atoms with Crippen molar-refractivity contribution in [1.82, 2.24) is 14.6 Å². The molecule has 4 rings (SSSR count). The second-order valence-electron chi connectivity index (χ2n) is 6.36. The van der Waals surface area contributed by atoms with Gasteiger partial charge in [-0.25, -0.2) is 4.98 Å². The van der Waals surface area contributed by atoms with Crippen LogP contribution >= 0.6 is 11.6 Å². The van der Waals surface area contributed by atoms with Crippen molar-refractivity contribution >= 4 is 23.1 Å². The van der Waals surface area contributed by atoms with E-state index in [1.165, 1.54) is 0 Å². The largest absolute Gasteiger partial charge is 0.390 e. The summed E-state index contributed by atoms with van der Waals surface area (Å²) in [5, 5.41) is 28.3. The van der Waals surface area contributed by atoms with Crippen LogP contribution in [0.3, 0.4) is 0 Å².